The maximum atomic E-state index is 12.4. The molecule has 4 rings (SSSR count). The smallest absolute Gasteiger partial charge is 0.319 e. The van der Waals surface area contributed by atoms with Crippen molar-refractivity contribution in [3.63, 3.8) is 0 Å². The number of urea groups is 1. The number of amides is 2. The lowest BCUT2D eigenvalue weighted by molar-refractivity contribution is 0.178. The molecule has 2 amide bonds. The maximum Gasteiger partial charge on any atom is 0.319 e. The molecule has 6 heteroatoms. The van der Waals surface area contributed by atoms with E-state index < -0.39 is 0 Å². The van der Waals surface area contributed by atoms with Crippen LogP contribution in [0, 0.1) is 0 Å². The molecule has 2 N–H and O–H groups in total. The van der Waals surface area contributed by atoms with Gasteiger partial charge in [-0.05, 0) is 47.2 Å². The van der Waals surface area contributed by atoms with Crippen LogP contribution in [0.15, 0.2) is 66.0 Å². The monoisotopic (exact) mass is 411 g/mol. The molecule has 2 heterocycles. The zero-order chi connectivity index (χ0) is 19.3. The number of hydrogen-bond acceptors (Lipinski definition) is 3. The van der Waals surface area contributed by atoms with E-state index in [2.05, 4.69) is 57.3 Å². The summed E-state index contributed by atoms with van der Waals surface area (Å²) in [6.07, 6.45) is 1.03. The third-order valence-corrected chi connectivity index (χ3v) is 6.22. The minimum absolute atomic E-state index is 0.151. The summed E-state index contributed by atoms with van der Waals surface area (Å²) in [5, 5.41) is 8.57. The average Bonchev–Trinajstić information content (AvgIpc) is 3.22. The van der Waals surface area contributed by atoms with Gasteiger partial charge in [0.25, 0.3) is 0 Å². The highest BCUT2D eigenvalue weighted by Crippen LogP contribution is 2.30. The molecule has 0 radical (unpaired) electrons. The van der Waals surface area contributed by atoms with Gasteiger partial charge in [-0.15, -0.1) is 11.3 Å². The molecule has 0 aliphatic carbocycles. The normalized spacial score (nSPS) is 14.9. The Morgan fingerprint density at radius 2 is 1.96 bits per heavy atom. The fraction of sp³-hybridized carbons (Fsp3) is 0.227. The number of rotatable bonds is 5. The SMILES string of the molecule is O=C(NCC(c1cccs1)N1CCc2ccccc2C1)Nc1cccc(Cl)c1. The van der Waals surface area contributed by atoms with Crippen molar-refractivity contribution in [1.82, 2.24) is 10.2 Å². The van der Waals surface area contributed by atoms with Crippen LogP contribution in [0.3, 0.4) is 0 Å². The second-order valence-electron chi connectivity index (χ2n) is 6.87. The first-order valence-electron chi connectivity index (χ1n) is 9.34. The molecule has 1 aliphatic rings. The van der Waals surface area contributed by atoms with Crippen LogP contribution in [-0.4, -0.2) is 24.0 Å². The molecule has 0 fully saturated rings. The van der Waals surface area contributed by atoms with Gasteiger partial charge in [-0.25, -0.2) is 4.79 Å². The van der Waals surface area contributed by atoms with E-state index in [4.69, 9.17) is 11.6 Å². The van der Waals surface area contributed by atoms with Crippen molar-refractivity contribution in [2.75, 3.05) is 18.4 Å². The lowest BCUT2D eigenvalue weighted by Gasteiger charge is -2.35. The van der Waals surface area contributed by atoms with Crippen LogP contribution in [0.1, 0.15) is 22.0 Å². The molecule has 2 aromatic carbocycles. The Kier molecular flexibility index (Phi) is 5.95. The van der Waals surface area contributed by atoms with Gasteiger partial charge in [0.2, 0.25) is 0 Å². The van der Waals surface area contributed by atoms with E-state index >= 15 is 0 Å². The van der Waals surface area contributed by atoms with Crippen LogP contribution in [0.25, 0.3) is 0 Å². The lowest BCUT2D eigenvalue weighted by atomic mass is 9.98. The van der Waals surface area contributed by atoms with Gasteiger partial charge < -0.3 is 10.6 Å². The summed E-state index contributed by atoms with van der Waals surface area (Å²) >= 11 is 7.72. The predicted octanol–water partition coefficient (Wildman–Crippen LogP) is 5.32. The Bertz CT molecular complexity index is 944. The van der Waals surface area contributed by atoms with E-state index in [-0.39, 0.29) is 12.1 Å². The number of hydrogen-bond donors (Lipinski definition) is 2. The molecule has 0 saturated heterocycles. The third kappa shape index (κ3) is 4.55. The Balaban J connectivity index is 1.43. The van der Waals surface area contributed by atoms with Crippen LogP contribution in [0.2, 0.25) is 5.02 Å². The number of thiophene rings is 1. The first-order chi connectivity index (χ1) is 13.7. The Hall–Kier alpha value is -2.34. The van der Waals surface area contributed by atoms with Gasteiger partial charge in [-0.3, -0.25) is 4.90 Å². The van der Waals surface area contributed by atoms with Gasteiger partial charge >= 0.3 is 6.03 Å². The van der Waals surface area contributed by atoms with Crippen molar-refractivity contribution >= 4 is 34.7 Å². The molecule has 0 spiro atoms. The largest absolute Gasteiger partial charge is 0.336 e. The number of anilines is 1. The Morgan fingerprint density at radius 1 is 1.11 bits per heavy atom. The minimum atomic E-state index is -0.221. The van der Waals surface area contributed by atoms with Gasteiger partial charge in [0.15, 0.2) is 0 Å². The summed E-state index contributed by atoms with van der Waals surface area (Å²) in [6, 6.07) is 19.9. The second kappa shape index (κ2) is 8.78. The van der Waals surface area contributed by atoms with Gasteiger partial charge in [0, 0.05) is 35.2 Å². The molecular formula is C22H22ClN3OS. The standard InChI is InChI=1S/C22H22ClN3OS/c23-18-7-3-8-19(13-18)25-22(27)24-14-20(21-9-4-12-28-21)26-11-10-16-5-1-2-6-17(16)15-26/h1-9,12-13,20H,10-11,14-15H2,(H2,24,25,27). The fourth-order valence-corrected chi connectivity index (χ4v) is 4.66. The lowest BCUT2D eigenvalue weighted by Crippen LogP contribution is -2.41. The third-order valence-electron chi connectivity index (χ3n) is 5.01. The molecule has 1 unspecified atom stereocenters. The summed E-state index contributed by atoms with van der Waals surface area (Å²) in [6.45, 7) is 2.43. The quantitative estimate of drug-likeness (QED) is 0.596. The maximum absolute atomic E-state index is 12.4. The highest BCUT2D eigenvalue weighted by Gasteiger charge is 2.25. The number of benzene rings is 2. The highest BCUT2D eigenvalue weighted by molar-refractivity contribution is 7.10. The summed E-state index contributed by atoms with van der Waals surface area (Å²) in [5.41, 5.74) is 3.48. The van der Waals surface area contributed by atoms with E-state index in [1.165, 1.54) is 16.0 Å². The number of nitrogens with one attached hydrogen (secondary N) is 2. The van der Waals surface area contributed by atoms with Crippen molar-refractivity contribution in [3.8, 4) is 0 Å². The average molecular weight is 412 g/mol. The number of halogens is 1. The van der Waals surface area contributed by atoms with E-state index in [0.29, 0.717) is 17.3 Å². The first kappa shape index (κ1) is 19.0. The van der Waals surface area contributed by atoms with E-state index in [1.807, 2.05) is 12.1 Å². The minimum Gasteiger partial charge on any atom is -0.336 e. The molecule has 28 heavy (non-hydrogen) atoms. The van der Waals surface area contributed by atoms with E-state index in [9.17, 15) is 4.79 Å². The molecule has 0 bridgehead atoms. The molecule has 0 saturated carbocycles. The summed E-state index contributed by atoms with van der Waals surface area (Å²) < 4.78 is 0. The predicted molar refractivity (Wildman–Crippen MR) is 116 cm³/mol. The second-order valence-corrected chi connectivity index (χ2v) is 8.28. The molecule has 1 atom stereocenters. The zero-order valence-corrected chi connectivity index (χ0v) is 17.0. The van der Waals surface area contributed by atoms with Crippen LogP contribution < -0.4 is 10.6 Å². The van der Waals surface area contributed by atoms with Crippen LogP contribution >= 0.6 is 22.9 Å². The molecule has 1 aromatic heterocycles. The molecular weight excluding hydrogens is 390 g/mol. The number of nitrogens with zero attached hydrogens (tertiary/aromatic N) is 1. The van der Waals surface area contributed by atoms with Crippen molar-refractivity contribution < 1.29 is 4.79 Å². The van der Waals surface area contributed by atoms with Crippen molar-refractivity contribution in [3.05, 3.63) is 87.1 Å². The van der Waals surface area contributed by atoms with Crippen LogP contribution in [0.5, 0.6) is 0 Å². The molecule has 144 valence electrons. The van der Waals surface area contributed by atoms with Crippen molar-refractivity contribution in [2.45, 2.75) is 19.0 Å². The van der Waals surface area contributed by atoms with E-state index in [0.717, 1.165) is 19.5 Å². The molecule has 4 nitrogen and oxygen atoms in total. The summed E-state index contributed by atoms with van der Waals surface area (Å²) in [7, 11) is 0. The van der Waals surface area contributed by atoms with Crippen molar-refractivity contribution in [2.24, 2.45) is 0 Å². The van der Waals surface area contributed by atoms with Gasteiger partial charge in [0.1, 0.15) is 0 Å². The fourth-order valence-electron chi connectivity index (χ4n) is 3.60. The number of fused-ring (bicyclic) bond motifs is 1. The summed E-state index contributed by atoms with van der Waals surface area (Å²) in [4.78, 5) is 16.1. The first-order valence-corrected chi connectivity index (χ1v) is 10.6. The van der Waals surface area contributed by atoms with Crippen LogP contribution in [-0.2, 0) is 13.0 Å². The zero-order valence-electron chi connectivity index (χ0n) is 15.4. The number of carbonyl (C=O) groups excluding carboxylic acids is 1. The van der Waals surface area contributed by atoms with E-state index in [1.54, 1.807) is 23.5 Å². The molecule has 1 aliphatic heterocycles. The van der Waals surface area contributed by atoms with Crippen LogP contribution in [0.4, 0.5) is 10.5 Å². The summed E-state index contributed by atoms with van der Waals surface area (Å²) in [5.74, 6) is 0. The highest BCUT2D eigenvalue weighted by atomic mass is 35.5. The van der Waals surface area contributed by atoms with Crippen molar-refractivity contribution in [1.29, 1.82) is 0 Å². The van der Waals surface area contributed by atoms with Gasteiger partial charge in [0.05, 0.1) is 6.04 Å². The topological polar surface area (TPSA) is 44.4 Å². The van der Waals surface area contributed by atoms with Gasteiger partial charge in [-0.2, -0.15) is 0 Å². The molecule has 3 aromatic rings. The Labute approximate surface area is 174 Å². The Morgan fingerprint density at radius 3 is 2.75 bits per heavy atom. The number of carbonyl (C=O) groups is 1. The van der Waals surface area contributed by atoms with Gasteiger partial charge in [-0.1, -0.05) is 48.0 Å².